The molecule has 4 rings (SSSR count). The molecule has 0 saturated carbocycles. The maximum absolute atomic E-state index is 13.3. The average molecular weight is 363 g/mol. The molecule has 27 heavy (non-hydrogen) atoms. The zero-order chi connectivity index (χ0) is 18.8. The molecule has 0 unspecified atom stereocenters. The summed E-state index contributed by atoms with van der Waals surface area (Å²) in [6.07, 6.45) is 7.38. The molecular weight excluding hydrogens is 349 g/mol. The van der Waals surface area contributed by atoms with Gasteiger partial charge in [-0.3, -0.25) is 19.2 Å². The molecule has 0 N–H and O–H groups in total. The summed E-state index contributed by atoms with van der Waals surface area (Å²) >= 11 is 0. The van der Waals surface area contributed by atoms with E-state index in [1.807, 2.05) is 19.1 Å². The number of aryl methyl sites for hydroxylation is 1. The molecule has 0 fully saturated rings. The highest BCUT2D eigenvalue weighted by molar-refractivity contribution is 6.02. The fraction of sp³-hybridized carbons (Fsp3) is 0.105. The summed E-state index contributed by atoms with van der Waals surface area (Å²) in [5.41, 5.74) is 2.43. The van der Waals surface area contributed by atoms with E-state index in [1.54, 1.807) is 22.9 Å². The second kappa shape index (κ2) is 6.91. The van der Waals surface area contributed by atoms with Crippen LogP contribution in [0.4, 0.5) is 4.39 Å². The Labute approximate surface area is 153 Å². The van der Waals surface area contributed by atoms with Crippen molar-refractivity contribution in [1.29, 1.82) is 0 Å². The Balaban J connectivity index is 1.67. The number of ether oxygens (including phenoxy) is 1. The molecule has 0 spiro atoms. The minimum absolute atomic E-state index is 0.119. The number of halogens is 1. The summed E-state index contributed by atoms with van der Waals surface area (Å²) in [6, 6.07) is 6.48. The molecule has 0 aliphatic rings. The van der Waals surface area contributed by atoms with Crippen molar-refractivity contribution < 1.29 is 13.9 Å². The van der Waals surface area contributed by atoms with Gasteiger partial charge in [-0.05, 0) is 24.6 Å². The van der Waals surface area contributed by atoms with Gasteiger partial charge in [0.25, 0.3) is 0 Å². The Morgan fingerprint density at radius 3 is 2.85 bits per heavy atom. The molecule has 0 aliphatic heterocycles. The van der Waals surface area contributed by atoms with Crippen molar-refractivity contribution in [3.05, 3.63) is 78.0 Å². The maximum Gasteiger partial charge on any atom is 0.172 e. The number of ketones is 1. The third kappa shape index (κ3) is 3.64. The summed E-state index contributed by atoms with van der Waals surface area (Å²) in [5.74, 6) is -0.122. The van der Waals surface area contributed by atoms with Crippen LogP contribution in [0.3, 0.4) is 0 Å². The highest BCUT2D eigenvalue weighted by Crippen LogP contribution is 2.24. The van der Waals surface area contributed by atoms with Crippen LogP contribution >= 0.6 is 0 Å². The molecular formula is C19H14FN5O2. The number of pyridine rings is 3. The van der Waals surface area contributed by atoms with Crippen LogP contribution < -0.4 is 4.74 Å². The van der Waals surface area contributed by atoms with E-state index >= 15 is 0 Å². The molecule has 8 heteroatoms. The van der Waals surface area contributed by atoms with E-state index in [9.17, 15) is 9.18 Å². The Bertz CT molecular complexity index is 1120. The van der Waals surface area contributed by atoms with E-state index in [1.165, 1.54) is 18.6 Å². The fourth-order valence-corrected chi connectivity index (χ4v) is 2.62. The Hall–Kier alpha value is -3.68. The molecule has 134 valence electrons. The SMILES string of the molecule is Cc1ccc(CC(=O)c2cc(Oc3cncc(F)c3)cn3cnnc23)nc1. The van der Waals surface area contributed by atoms with Crippen LogP contribution in [0, 0.1) is 12.7 Å². The van der Waals surface area contributed by atoms with Gasteiger partial charge in [-0.2, -0.15) is 0 Å². The predicted octanol–water partition coefficient (Wildman–Crippen LogP) is 3.18. The molecule has 4 aromatic heterocycles. The quantitative estimate of drug-likeness (QED) is 0.507. The molecule has 7 nitrogen and oxygen atoms in total. The van der Waals surface area contributed by atoms with Crippen LogP contribution in [-0.2, 0) is 6.42 Å². The Kier molecular flexibility index (Phi) is 4.29. The second-order valence-electron chi connectivity index (χ2n) is 6.02. The molecule has 0 aliphatic carbocycles. The lowest BCUT2D eigenvalue weighted by Gasteiger charge is -2.09. The maximum atomic E-state index is 13.3. The van der Waals surface area contributed by atoms with Crippen molar-refractivity contribution in [3.63, 3.8) is 0 Å². The van der Waals surface area contributed by atoms with Gasteiger partial charge < -0.3 is 4.74 Å². The van der Waals surface area contributed by atoms with Crippen LogP contribution in [0.15, 0.2) is 55.4 Å². The van der Waals surface area contributed by atoms with Crippen LogP contribution in [0.25, 0.3) is 5.65 Å². The minimum Gasteiger partial charge on any atom is -0.454 e. The summed E-state index contributed by atoms with van der Waals surface area (Å²) in [5, 5.41) is 7.84. The van der Waals surface area contributed by atoms with E-state index in [0.717, 1.165) is 11.8 Å². The van der Waals surface area contributed by atoms with Crippen LogP contribution in [-0.4, -0.2) is 30.3 Å². The minimum atomic E-state index is -0.514. The smallest absolute Gasteiger partial charge is 0.172 e. The normalized spacial score (nSPS) is 10.9. The van der Waals surface area contributed by atoms with Crippen LogP contribution in [0.5, 0.6) is 11.5 Å². The van der Waals surface area contributed by atoms with Gasteiger partial charge in [-0.15, -0.1) is 10.2 Å². The van der Waals surface area contributed by atoms with Gasteiger partial charge in [0.15, 0.2) is 11.4 Å². The van der Waals surface area contributed by atoms with Gasteiger partial charge in [0, 0.05) is 18.0 Å². The lowest BCUT2D eigenvalue weighted by Crippen LogP contribution is -2.08. The fourth-order valence-electron chi connectivity index (χ4n) is 2.62. The van der Waals surface area contributed by atoms with Gasteiger partial charge in [0.1, 0.15) is 23.6 Å². The van der Waals surface area contributed by atoms with Gasteiger partial charge >= 0.3 is 0 Å². The zero-order valence-corrected chi connectivity index (χ0v) is 14.3. The molecule has 0 saturated heterocycles. The standard InChI is InChI=1S/C19H14FN5O2/c1-12-2-3-14(22-7-12)5-18(26)17-6-16(10-25-11-23-24-19(17)25)27-15-4-13(20)8-21-9-15/h2-4,6-11H,5H2,1H3. The first-order valence-corrected chi connectivity index (χ1v) is 8.15. The number of Topliss-reactive ketones (excluding diaryl/α,β-unsaturated/α-hetero) is 1. The zero-order valence-electron chi connectivity index (χ0n) is 14.3. The van der Waals surface area contributed by atoms with Crippen LogP contribution in [0.2, 0.25) is 0 Å². The van der Waals surface area contributed by atoms with Crippen molar-refractivity contribution in [2.24, 2.45) is 0 Å². The lowest BCUT2D eigenvalue weighted by atomic mass is 10.1. The molecule has 0 bridgehead atoms. The van der Waals surface area contributed by atoms with E-state index in [0.29, 0.717) is 22.7 Å². The number of carbonyl (C=O) groups is 1. The number of hydrogen-bond acceptors (Lipinski definition) is 6. The first-order valence-electron chi connectivity index (χ1n) is 8.15. The summed E-state index contributed by atoms with van der Waals surface area (Å²) in [6.45, 7) is 1.93. The van der Waals surface area contributed by atoms with Crippen LogP contribution in [0.1, 0.15) is 21.6 Å². The van der Waals surface area contributed by atoms with Gasteiger partial charge in [0.2, 0.25) is 0 Å². The summed E-state index contributed by atoms with van der Waals surface area (Å²) in [4.78, 5) is 20.8. The van der Waals surface area contributed by atoms with E-state index in [2.05, 4.69) is 20.2 Å². The second-order valence-corrected chi connectivity index (χ2v) is 6.02. The third-order valence-corrected chi connectivity index (χ3v) is 3.90. The van der Waals surface area contributed by atoms with Crippen molar-refractivity contribution in [2.75, 3.05) is 0 Å². The summed E-state index contributed by atoms with van der Waals surface area (Å²) in [7, 11) is 0. The number of nitrogens with zero attached hydrogens (tertiary/aromatic N) is 5. The first kappa shape index (κ1) is 16.8. The van der Waals surface area contributed by atoms with E-state index in [4.69, 9.17) is 4.74 Å². The first-order chi connectivity index (χ1) is 13.1. The molecule has 0 amide bonds. The topological polar surface area (TPSA) is 82.3 Å². The van der Waals surface area contributed by atoms with Crippen molar-refractivity contribution >= 4 is 11.4 Å². The molecule has 0 aromatic carbocycles. The molecule has 0 radical (unpaired) electrons. The molecule has 4 heterocycles. The Morgan fingerprint density at radius 1 is 1.19 bits per heavy atom. The van der Waals surface area contributed by atoms with Crippen molar-refractivity contribution in [3.8, 4) is 11.5 Å². The number of rotatable bonds is 5. The summed E-state index contributed by atoms with van der Waals surface area (Å²) < 4.78 is 20.6. The highest BCUT2D eigenvalue weighted by atomic mass is 19.1. The third-order valence-electron chi connectivity index (χ3n) is 3.90. The average Bonchev–Trinajstić information content (AvgIpc) is 3.11. The predicted molar refractivity (Wildman–Crippen MR) is 94.3 cm³/mol. The number of aromatic nitrogens is 5. The largest absolute Gasteiger partial charge is 0.454 e. The van der Waals surface area contributed by atoms with Crippen molar-refractivity contribution in [2.45, 2.75) is 13.3 Å². The Morgan fingerprint density at radius 2 is 2.07 bits per heavy atom. The molecule has 0 atom stereocenters. The lowest BCUT2D eigenvalue weighted by molar-refractivity contribution is 0.0992. The van der Waals surface area contributed by atoms with Crippen molar-refractivity contribution in [1.82, 2.24) is 24.6 Å². The van der Waals surface area contributed by atoms with Gasteiger partial charge in [0.05, 0.1) is 30.6 Å². The number of fused-ring (bicyclic) bond motifs is 1. The number of carbonyl (C=O) groups excluding carboxylic acids is 1. The van der Waals surface area contributed by atoms with Gasteiger partial charge in [-0.1, -0.05) is 6.07 Å². The monoisotopic (exact) mass is 363 g/mol. The highest BCUT2D eigenvalue weighted by Gasteiger charge is 2.16. The van der Waals surface area contributed by atoms with E-state index in [-0.39, 0.29) is 18.0 Å². The van der Waals surface area contributed by atoms with E-state index < -0.39 is 5.82 Å². The molecule has 4 aromatic rings. The number of hydrogen-bond donors (Lipinski definition) is 0. The van der Waals surface area contributed by atoms with Gasteiger partial charge in [-0.25, -0.2) is 4.39 Å².